The fourth-order valence-electron chi connectivity index (χ4n) is 1.77. The van der Waals surface area contributed by atoms with Crippen molar-refractivity contribution >= 4 is 29.2 Å². The van der Waals surface area contributed by atoms with Crippen LogP contribution in [0.2, 0.25) is 5.02 Å². The van der Waals surface area contributed by atoms with Crippen molar-refractivity contribution in [3.63, 3.8) is 0 Å². The first-order valence-electron chi connectivity index (χ1n) is 6.09. The molecule has 0 aliphatic heterocycles. The van der Waals surface area contributed by atoms with Crippen LogP contribution in [0.3, 0.4) is 0 Å². The molecule has 1 aromatic heterocycles. The van der Waals surface area contributed by atoms with E-state index in [1.54, 1.807) is 30.3 Å². The zero-order valence-electron chi connectivity index (χ0n) is 11.0. The van der Waals surface area contributed by atoms with Crippen molar-refractivity contribution in [1.29, 1.82) is 0 Å². The molecule has 3 N–H and O–H groups in total. The van der Waals surface area contributed by atoms with Crippen molar-refractivity contribution in [2.45, 2.75) is 6.54 Å². The highest BCUT2D eigenvalue weighted by Crippen LogP contribution is 2.21. The Morgan fingerprint density at radius 3 is 2.38 bits per heavy atom. The molecule has 7 heteroatoms. The highest BCUT2D eigenvalue weighted by Gasteiger charge is 2.23. The van der Waals surface area contributed by atoms with E-state index in [4.69, 9.17) is 26.9 Å². The molecule has 0 fully saturated rings. The molecule has 0 radical (unpaired) electrons. The summed E-state index contributed by atoms with van der Waals surface area (Å²) < 4.78 is 5.27. The average Bonchev–Trinajstić information content (AvgIpc) is 2.94. The zero-order chi connectivity index (χ0) is 15.4. The second-order valence-corrected chi connectivity index (χ2v) is 4.67. The summed E-state index contributed by atoms with van der Waals surface area (Å²) >= 11 is 5.79. The van der Waals surface area contributed by atoms with E-state index in [1.807, 2.05) is 0 Å². The number of carbonyl (C=O) groups excluding carboxylic acids is 1. The third-order valence-corrected chi connectivity index (χ3v) is 3.00. The van der Waals surface area contributed by atoms with Gasteiger partial charge in [0.05, 0.1) is 6.54 Å². The fraction of sp³-hybridized carbons (Fsp3) is 0.143. The summed E-state index contributed by atoms with van der Waals surface area (Å²) in [6, 6.07) is 9.33. The molecule has 21 heavy (non-hydrogen) atoms. The van der Waals surface area contributed by atoms with Gasteiger partial charge in [-0.1, -0.05) is 11.6 Å². The largest absolute Gasteiger partial charge is 0.480 e. The third-order valence-electron chi connectivity index (χ3n) is 2.75. The maximum atomic E-state index is 12.4. The Bertz CT molecular complexity index is 651. The van der Waals surface area contributed by atoms with Crippen molar-refractivity contribution in [3.8, 4) is 0 Å². The summed E-state index contributed by atoms with van der Waals surface area (Å²) in [7, 11) is 0. The SMILES string of the molecule is NCc1ccc(C(=O)N(CC(=O)O)c2ccc(Cl)cc2)o1. The van der Waals surface area contributed by atoms with Gasteiger partial charge in [0.2, 0.25) is 0 Å². The normalized spacial score (nSPS) is 10.4. The lowest BCUT2D eigenvalue weighted by molar-refractivity contribution is -0.135. The van der Waals surface area contributed by atoms with Crippen LogP contribution in [-0.4, -0.2) is 23.5 Å². The lowest BCUT2D eigenvalue weighted by Crippen LogP contribution is -2.35. The Kier molecular flexibility index (Phi) is 4.62. The predicted molar refractivity (Wildman–Crippen MR) is 77.4 cm³/mol. The third kappa shape index (κ3) is 3.62. The molecule has 0 spiro atoms. The number of halogens is 1. The molecule has 1 aromatic carbocycles. The Morgan fingerprint density at radius 2 is 1.86 bits per heavy atom. The molecule has 1 heterocycles. The number of aliphatic carboxylic acids is 1. The second kappa shape index (κ2) is 6.43. The molecule has 0 aliphatic carbocycles. The lowest BCUT2D eigenvalue weighted by Gasteiger charge is -2.19. The smallest absolute Gasteiger partial charge is 0.323 e. The molecule has 0 bridgehead atoms. The maximum absolute atomic E-state index is 12.4. The molecule has 2 aromatic rings. The Labute approximate surface area is 125 Å². The van der Waals surface area contributed by atoms with Crippen LogP contribution in [0.4, 0.5) is 5.69 Å². The topological polar surface area (TPSA) is 96.8 Å². The fourth-order valence-corrected chi connectivity index (χ4v) is 1.90. The van der Waals surface area contributed by atoms with Crippen LogP contribution < -0.4 is 10.6 Å². The predicted octanol–water partition coefficient (Wildman–Crippen LogP) is 2.12. The number of nitrogens with two attached hydrogens (primary N) is 1. The van der Waals surface area contributed by atoms with E-state index in [2.05, 4.69) is 0 Å². The molecule has 0 saturated heterocycles. The van der Waals surface area contributed by atoms with Gasteiger partial charge >= 0.3 is 5.97 Å². The standard InChI is InChI=1S/C14H13ClN2O4/c15-9-1-3-10(4-2-9)17(8-13(18)19)14(20)12-6-5-11(7-16)21-12/h1-6H,7-8,16H2,(H,18,19). The summed E-state index contributed by atoms with van der Waals surface area (Å²) in [5, 5.41) is 9.47. The first-order valence-corrected chi connectivity index (χ1v) is 6.47. The number of benzene rings is 1. The van der Waals surface area contributed by atoms with Crippen molar-refractivity contribution in [2.75, 3.05) is 11.4 Å². The van der Waals surface area contributed by atoms with Crippen molar-refractivity contribution in [3.05, 3.63) is 52.9 Å². The number of furan rings is 1. The highest BCUT2D eigenvalue weighted by atomic mass is 35.5. The summed E-state index contributed by atoms with van der Waals surface area (Å²) in [6.45, 7) is -0.327. The minimum Gasteiger partial charge on any atom is -0.480 e. The van der Waals surface area contributed by atoms with Gasteiger partial charge in [-0.3, -0.25) is 14.5 Å². The van der Waals surface area contributed by atoms with Gasteiger partial charge in [-0.15, -0.1) is 0 Å². The zero-order valence-corrected chi connectivity index (χ0v) is 11.7. The van der Waals surface area contributed by atoms with Crippen LogP contribution in [0.15, 0.2) is 40.8 Å². The van der Waals surface area contributed by atoms with E-state index in [0.29, 0.717) is 16.5 Å². The number of nitrogens with zero attached hydrogens (tertiary/aromatic N) is 1. The van der Waals surface area contributed by atoms with Crippen LogP contribution in [0.5, 0.6) is 0 Å². The van der Waals surface area contributed by atoms with Gasteiger partial charge in [0.25, 0.3) is 5.91 Å². The highest BCUT2D eigenvalue weighted by molar-refractivity contribution is 6.30. The van der Waals surface area contributed by atoms with Gasteiger partial charge in [0.15, 0.2) is 5.76 Å². The Hall–Kier alpha value is -2.31. The summed E-state index contributed by atoms with van der Waals surface area (Å²) in [5.74, 6) is -1.21. The number of anilines is 1. The molecule has 6 nitrogen and oxygen atoms in total. The van der Waals surface area contributed by atoms with Crippen LogP contribution in [0.1, 0.15) is 16.3 Å². The van der Waals surface area contributed by atoms with E-state index in [1.165, 1.54) is 6.07 Å². The molecular weight excluding hydrogens is 296 g/mol. The van der Waals surface area contributed by atoms with E-state index in [0.717, 1.165) is 4.90 Å². The summed E-state index contributed by atoms with van der Waals surface area (Å²) in [6.07, 6.45) is 0. The van der Waals surface area contributed by atoms with E-state index < -0.39 is 18.4 Å². The quantitative estimate of drug-likeness (QED) is 0.882. The minimum atomic E-state index is -1.14. The molecule has 2 rings (SSSR count). The monoisotopic (exact) mass is 308 g/mol. The van der Waals surface area contributed by atoms with Gasteiger partial charge < -0.3 is 15.3 Å². The van der Waals surface area contributed by atoms with Crippen LogP contribution in [0, 0.1) is 0 Å². The molecule has 0 aliphatic rings. The average molecular weight is 309 g/mol. The first-order chi connectivity index (χ1) is 10.0. The Balaban J connectivity index is 2.32. The van der Waals surface area contributed by atoms with Gasteiger partial charge in [-0.2, -0.15) is 0 Å². The number of carboxylic acid groups (broad SMARTS) is 1. The minimum absolute atomic E-state index is 0.0339. The van der Waals surface area contributed by atoms with Crippen molar-refractivity contribution in [1.82, 2.24) is 0 Å². The molecule has 0 unspecified atom stereocenters. The molecule has 1 amide bonds. The van der Waals surface area contributed by atoms with E-state index >= 15 is 0 Å². The number of rotatable bonds is 5. The first kappa shape index (κ1) is 15.1. The van der Waals surface area contributed by atoms with Crippen LogP contribution in [0.25, 0.3) is 0 Å². The van der Waals surface area contributed by atoms with Gasteiger partial charge in [-0.25, -0.2) is 0 Å². The summed E-state index contributed by atoms with van der Waals surface area (Å²) in [5.41, 5.74) is 5.83. The number of hydrogen-bond donors (Lipinski definition) is 2. The lowest BCUT2D eigenvalue weighted by atomic mass is 10.2. The van der Waals surface area contributed by atoms with E-state index in [-0.39, 0.29) is 12.3 Å². The molecule has 0 saturated carbocycles. The Morgan fingerprint density at radius 1 is 1.19 bits per heavy atom. The van der Waals surface area contributed by atoms with Crippen LogP contribution >= 0.6 is 11.6 Å². The second-order valence-electron chi connectivity index (χ2n) is 4.23. The van der Waals surface area contributed by atoms with Crippen molar-refractivity contribution in [2.24, 2.45) is 5.73 Å². The molecule has 0 atom stereocenters. The maximum Gasteiger partial charge on any atom is 0.323 e. The number of amides is 1. The van der Waals surface area contributed by atoms with Gasteiger partial charge in [0, 0.05) is 10.7 Å². The van der Waals surface area contributed by atoms with Gasteiger partial charge in [0.1, 0.15) is 12.3 Å². The molecular formula is C14H13ClN2O4. The van der Waals surface area contributed by atoms with Crippen LogP contribution in [-0.2, 0) is 11.3 Å². The van der Waals surface area contributed by atoms with E-state index in [9.17, 15) is 9.59 Å². The number of hydrogen-bond acceptors (Lipinski definition) is 4. The number of carboxylic acids is 1. The van der Waals surface area contributed by atoms with Gasteiger partial charge in [-0.05, 0) is 36.4 Å². The number of carbonyl (C=O) groups is 2. The van der Waals surface area contributed by atoms with Crippen molar-refractivity contribution < 1.29 is 19.1 Å². The molecule has 110 valence electrons. The summed E-state index contributed by atoms with van der Waals surface area (Å²) in [4.78, 5) is 24.5.